The van der Waals surface area contributed by atoms with Crippen molar-refractivity contribution in [3.8, 4) is 0 Å². The average molecular weight is 74.1 g/mol. The van der Waals surface area contributed by atoms with Crippen molar-refractivity contribution in [2.24, 2.45) is 0 Å². The Morgan fingerprint density at radius 2 is 2.40 bits per heavy atom. The number of hydrogen-bond donors (Lipinski definition) is 1. The van der Waals surface area contributed by atoms with Gasteiger partial charge < -0.3 is 0 Å². The molecular weight excluding hydrogens is 66.0 g/mol. The summed E-state index contributed by atoms with van der Waals surface area (Å²) >= 11 is 0. The van der Waals surface area contributed by atoms with Gasteiger partial charge in [0.2, 0.25) is 0 Å². The molecule has 0 aromatic heterocycles. The summed E-state index contributed by atoms with van der Waals surface area (Å²) in [6.07, 6.45) is 0.920. The Morgan fingerprint density at radius 1 is 1.80 bits per heavy atom. The molecule has 0 aliphatic rings. The van der Waals surface area contributed by atoms with Gasteiger partial charge in [-0.3, -0.25) is 0 Å². The summed E-state index contributed by atoms with van der Waals surface area (Å²) in [4.78, 5) is 9.28. The van der Waals surface area contributed by atoms with Crippen LogP contribution in [0.25, 0.3) is 0 Å². The molecule has 0 unspecified atom stereocenters. The van der Waals surface area contributed by atoms with E-state index in [4.69, 9.17) is 0 Å². The van der Waals surface area contributed by atoms with Gasteiger partial charge in [-0.25, -0.2) is 0 Å². The van der Waals surface area contributed by atoms with E-state index < -0.39 is 0 Å². The second-order valence-corrected chi connectivity index (χ2v) is 0.894. The Balaban J connectivity index is 2.40. The highest BCUT2D eigenvalue weighted by Gasteiger charge is 1.73. The predicted octanol–water partition coefficient (Wildman–Crippen LogP) is -0.757. The van der Waals surface area contributed by atoms with Crippen LogP contribution in [0.5, 0.6) is 0 Å². The van der Waals surface area contributed by atoms with Crippen LogP contribution < -0.4 is 5.18 Å². The molecule has 0 saturated heterocycles. The van der Waals surface area contributed by atoms with E-state index in [2.05, 4.69) is 0 Å². The monoisotopic (exact) mass is 74.1 g/mol. The Hall–Kier alpha value is -0.400. The first-order valence-corrected chi connectivity index (χ1v) is 1.76. The molecule has 30 valence electrons. The topological polar surface area (TPSA) is 31.0 Å². The maximum atomic E-state index is 9.28. The van der Waals surface area contributed by atoms with Crippen molar-refractivity contribution in [3.63, 3.8) is 0 Å². The van der Waals surface area contributed by atoms with Gasteiger partial charge in [-0.2, -0.15) is 0 Å². The Bertz CT molecular complexity index is 28.1. The minimum atomic E-state index is 0.583. The molecule has 0 aromatic carbocycles. The minimum absolute atomic E-state index is 0.583. The van der Waals surface area contributed by atoms with Crippen LogP contribution in [0.3, 0.4) is 0 Å². The largest absolute Gasteiger partial charge is 0.189 e. The van der Waals surface area contributed by atoms with Gasteiger partial charge in [0.15, 0.2) is 6.54 Å². The Morgan fingerprint density at radius 3 is 2.40 bits per heavy atom. The minimum Gasteiger partial charge on any atom is -0.0592 e. The summed E-state index contributed by atoms with van der Waals surface area (Å²) in [6.45, 7) is 2.53. The van der Waals surface area contributed by atoms with Crippen LogP contribution >= 0.6 is 0 Å². The molecule has 0 bridgehead atoms. The average Bonchev–Trinajstić information content (AvgIpc) is 1.41. The van der Waals surface area contributed by atoms with Crippen LogP contribution in [0.1, 0.15) is 13.3 Å². The van der Waals surface area contributed by atoms with E-state index in [0.29, 0.717) is 6.54 Å². The third-order valence-electron chi connectivity index (χ3n) is 0.352. The second-order valence-electron chi connectivity index (χ2n) is 0.894. The van der Waals surface area contributed by atoms with Crippen molar-refractivity contribution < 1.29 is 5.18 Å². The van der Waals surface area contributed by atoms with E-state index in [9.17, 15) is 4.91 Å². The highest BCUT2D eigenvalue weighted by molar-refractivity contribution is 4.09. The molecule has 0 atom stereocenters. The first-order valence-electron chi connectivity index (χ1n) is 1.76. The summed E-state index contributed by atoms with van der Waals surface area (Å²) in [5.41, 5.74) is 0. The first-order chi connectivity index (χ1) is 2.41. The lowest BCUT2D eigenvalue weighted by atomic mass is 10.5. The van der Waals surface area contributed by atoms with Crippen molar-refractivity contribution in [3.05, 3.63) is 4.91 Å². The van der Waals surface area contributed by atoms with Gasteiger partial charge in [-0.15, -0.1) is 0 Å². The van der Waals surface area contributed by atoms with Crippen molar-refractivity contribution in [1.29, 1.82) is 0 Å². The summed E-state index contributed by atoms with van der Waals surface area (Å²) in [5.74, 6) is 0. The zero-order valence-electron chi connectivity index (χ0n) is 3.32. The summed E-state index contributed by atoms with van der Waals surface area (Å²) < 4.78 is 0. The summed E-state index contributed by atoms with van der Waals surface area (Å²) in [5, 5.41) is 1.77. The van der Waals surface area contributed by atoms with E-state index in [1.54, 1.807) is 5.18 Å². The van der Waals surface area contributed by atoms with Crippen molar-refractivity contribution >= 4 is 0 Å². The molecule has 0 amide bonds. The second kappa shape index (κ2) is 3.60. The maximum absolute atomic E-state index is 9.28. The molecule has 2 heteroatoms. The molecule has 0 rings (SSSR count). The van der Waals surface area contributed by atoms with Gasteiger partial charge in [-0.1, -0.05) is 6.92 Å². The quantitative estimate of drug-likeness (QED) is 0.458. The normalized spacial score (nSPS) is 7.40. The predicted molar refractivity (Wildman–Crippen MR) is 19.5 cm³/mol. The highest BCUT2D eigenvalue weighted by atomic mass is 16.3. The molecule has 0 aliphatic carbocycles. The van der Waals surface area contributed by atoms with E-state index in [0.717, 1.165) is 6.42 Å². The van der Waals surface area contributed by atoms with Crippen LogP contribution in [0.15, 0.2) is 0 Å². The zero-order chi connectivity index (χ0) is 4.12. The molecule has 0 saturated carbocycles. The number of nitrogens with one attached hydrogen (secondary N) is 1. The molecule has 0 fully saturated rings. The fourth-order valence-corrected chi connectivity index (χ4v) is 0.102. The molecular formula is C3H8NO+. The Kier molecular flexibility index (Phi) is 3.31. The van der Waals surface area contributed by atoms with Crippen LogP contribution in [0.2, 0.25) is 0 Å². The molecule has 0 aromatic rings. The van der Waals surface area contributed by atoms with Crippen molar-refractivity contribution in [2.45, 2.75) is 13.3 Å². The molecule has 5 heavy (non-hydrogen) atoms. The third kappa shape index (κ3) is 3.60. The molecule has 0 spiro atoms. The SMILES string of the molecule is CCC[NH+]=O. The number of nitroso groups, excluding NO2 is 1. The highest BCUT2D eigenvalue weighted by Crippen LogP contribution is 1.55. The van der Waals surface area contributed by atoms with E-state index >= 15 is 0 Å². The van der Waals surface area contributed by atoms with Crippen LogP contribution in [-0.4, -0.2) is 6.54 Å². The Labute approximate surface area is 31.2 Å². The van der Waals surface area contributed by atoms with Gasteiger partial charge in [0.1, 0.15) is 0 Å². The lowest BCUT2D eigenvalue weighted by molar-refractivity contribution is -0.480. The van der Waals surface area contributed by atoms with Gasteiger partial charge in [0.25, 0.3) is 0 Å². The lowest BCUT2D eigenvalue weighted by Crippen LogP contribution is -2.63. The zero-order valence-corrected chi connectivity index (χ0v) is 3.32. The van der Waals surface area contributed by atoms with Crippen LogP contribution in [0, 0.1) is 4.91 Å². The number of rotatable bonds is 2. The van der Waals surface area contributed by atoms with E-state index in [1.165, 1.54) is 0 Å². The van der Waals surface area contributed by atoms with Gasteiger partial charge in [0.05, 0.1) is 0 Å². The first kappa shape index (κ1) is 4.60. The van der Waals surface area contributed by atoms with Gasteiger partial charge in [-0.05, 0) is 5.18 Å². The smallest absolute Gasteiger partial charge is 0.0592 e. The summed E-state index contributed by atoms with van der Waals surface area (Å²) in [7, 11) is 0. The molecule has 0 radical (unpaired) electrons. The molecule has 1 N–H and O–H groups in total. The van der Waals surface area contributed by atoms with Gasteiger partial charge >= 0.3 is 0 Å². The van der Waals surface area contributed by atoms with E-state index in [-0.39, 0.29) is 0 Å². The molecule has 2 nitrogen and oxygen atoms in total. The van der Waals surface area contributed by atoms with Gasteiger partial charge in [0, 0.05) is 11.3 Å². The number of hydrogen-bond acceptors (Lipinski definition) is 1. The van der Waals surface area contributed by atoms with E-state index in [1.807, 2.05) is 6.92 Å². The van der Waals surface area contributed by atoms with Crippen molar-refractivity contribution in [2.75, 3.05) is 6.54 Å². The maximum Gasteiger partial charge on any atom is 0.189 e. The lowest BCUT2D eigenvalue weighted by Gasteiger charge is -1.61. The molecule has 0 heterocycles. The van der Waals surface area contributed by atoms with Crippen LogP contribution in [-0.2, 0) is 0 Å². The standard InChI is InChI=1S/C3H7NO/c1-2-3-4-5/h2-3H2,1H3/p+1. The van der Waals surface area contributed by atoms with Crippen molar-refractivity contribution in [1.82, 2.24) is 0 Å². The summed E-state index contributed by atoms with van der Waals surface area (Å²) in [6, 6.07) is 0. The fourth-order valence-electron chi connectivity index (χ4n) is 0.102. The fraction of sp³-hybridized carbons (Fsp3) is 1.00. The third-order valence-corrected chi connectivity index (χ3v) is 0.352. The molecule has 0 aliphatic heterocycles. The van der Waals surface area contributed by atoms with Crippen LogP contribution in [0.4, 0.5) is 0 Å².